The molecule has 4 heteroatoms. The number of likely N-dealkylation sites (N-methyl/N-ethyl adjacent to an activating group) is 1. The second kappa shape index (κ2) is 7.29. The number of hydrogen-bond acceptors (Lipinski definition) is 2. The molecular weight excluding hydrogens is 270 g/mol. The van der Waals surface area contributed by atoms with Crippen LogP contribution in [-0.4, -0.2) is 25.0 Å². The summed E-state index contributed by atoms with van der Waals surface area (Å²) in [7, 11) is 1.93. The van der Waals surface area contributed by atoms with Crippen LogP contribution in [-0.2, 0) is 6.42 Å². The number of halogens is 2. The van der Waals surface area contributed by atoms with Crippen molar-refractivity contribution in [2.24, 2.45) is 5.73 Å². The quantitative estimate of drug-likeness (QED) is 0.885. The van der Waals surface area contributed by atoms with Crippen LogP contribution in [0.25, 0.3) is 0 Å². The summed E-state index contributed by atoms with van der Waals surface area (Å²) in [5.74, 6) is -1.70. The van der Waals surface area contributed by atoms with E-state index in [1.807, 2.05) is 30.1 Å². The standard InChI is InChI=1S/C17H20F2N2/c1-21(11-10-13-6-3-2-4-7-13)12-16(20)14-8-5-9-15(18)17(14)19/h2-9,16H,10-12,20H2,1H3. The lowest BCUT2D eigenvalue weighted by atomic mass is 10.1. The Bertz CT molecular complexity index is 572. The zero-order valence-corrected chi connectivity index (χ0v) is 12.1. The second-order valence-corrected chi connectivity index (χ2v) is 5.25. The number of nitrogens with zero attached hydrogens (tertiary/aromatic N) is 1. The van der Waals surface area contributed by atoms with Gasteiger partial charge in [0.15, 0.2) is 11.6 Å². The molecule has 112 valence electrons. The van der Waals surface area contributed by atoms with Crippen molar-refractivity contribution in [1.82, 2.24) is 4.90 Å². The van der Waals surface area contributed by atoms with Gasteiger partial charge in [0.2, 0.25) is 0 Å². The summed E-state index contributed by atoms with van der Waals surface area (Å²) in [6.45, 7) is 1.29. The van der Waals surface area contributed by atoms with Gasteiger partial charge in [0.25, 0.3) is 0 Å². The molecule has 0 aliphatic carbocycles. The van der Waals surface area contributed by atoms with Gasteiger partial charge in [0.05, 0.1) is 0 Å². The van der Waals surface area contributed by atoms with Crippen LogP contribution in [0, 0.1) is 11.6 Å². The van der Waals surface area contributed by atoms with Crippen molar-refractivity contribution in [3.8, 4) is 0 Å². The molecule has 0 bridgehead atoms. The Morgan fingerprint density at radius 3 is 2.48 bits per heavy atom. The van der Waals surface area contributed by atoms with Crippen LogP contribution in [0.15, 0.2) is 48.5 Å². The Kier molecular flexibility index (Phi) is 5.42. The molecule has 21 heavy (non-hydrogen) atoms. The van der Waals surface area contributed by atoms with Gasteiger partial charge in [0.1, 0.15) is 0 Å². The Labute approximate surface area is 124 Å². The number of benzene rings is 2. The number of nitrogens with two attached hydrogens (primary N) is 1. The van der Waals surface area contributed by atoms with E-state index in [1.54, 1.807) is 0 Å². The summed E-state index contributed by atoms with van der Waals surface area (Å²) in [4.78, 5) is 2.03. The molecule has 0 radical (unpaired) electrons. The highest BCUT2D eigenvalue weighted by molar-refractivity contribution is 5.22. The predicted molar refractivity (Wildman–Crippen MR) is 80.9 cm³/mol. The predicted octanol–water partition coefficient (Wildman–Crippen LogP) is 3.14. The average molecular weight is 290 g/mol. The maximum absolute atomic E-state index is 13.7. The van der Waals surface area contributed by atoms with Gasteiger partial charge in [-0.25, -0.2) is 8.78 Å². The summed E-state index contributed by atoms with van der Waals surface area (Å²) < 4.78 is 26.9. The van der Waals surface area contributed by atoms with Gasteiger partial charge in [-0.3, -0.25) is 0 Å². The van der Waals surface area contributed by atoms with Gasteiger partial charge in [0, 0.05) is 24.7 Å². The van der Waals surface area contributed by atoms with Gasteiger partial charge in [-0.15, -0.1) is 0 Å². The molecule has 2 aromatic carbocycles. The average Bonchev–Trinajstić information content (AvgIpc) is 2.49. The lowest BCUT2D eigenvalue weighted by molar-refractivity contribution is 0.312. The third-order valence-electron chi connectivity index (χ3n) is 3.51. The molecule has 0 saturated carbocycles. The minimum absolute atomic E-state index is 0.224. The fourth-order valence-electron chi connectivity index (χ4n) is 2.30. The van der Waals surface area contributed by atoms with Gasteiger partial charge < -0.3 is 10.6 Å². The number of rotatable bonds is 6. The molecule has 2 rings (SSSR count). The minimum atomic E-state index is -0.852. The highest BCUT2D eigenvalue weighted by Crippen LogP contribution is 2.18. The van der Waals surface area contributed by atoms with Crippen molar-refractivity contribution in [2.45, 2.75) is 12.5 Å². The summed E-state index contributed by atoms with van der Waals surface area (Å²) in [6, 6.07) is 13.7. The molecule has 1 atom stereocenters. The summed E-state index contributed by atoms with van der Waals surface area (Å²) in [6.07, 6.45) is 0.899. The van der Waals surface area contributed by atoms with Crippen LogP contribution in [0.1, 0.15) is 17.2 Å². The van der Waals surface area contributed by atoms with Crippen LogP contribution in [0.2, 0.25) is 0 Å². The van der Waals surface area contributed by atoms with Gasteiger partial charge >= 0.3 is 0 Å². The van der Waals surface area contributed by atoms with E-state index in [-0.39, 0.29) is 5.56 Å². The lowest BCUT2D eigenvalue weighted by Crippen LogP contribution is -2.31. The third-order valence-corrected chi connectivity index (χ3v) is 3.51. The first-order chi connectivity index (χ1) is 10.1. The molecule has 0 spiro atoms. The fraction of sp³-hybridized carbons (Fsp3) is 0.294. The van der Waals surface area contributed by atoms with E-state index in [0.29, 0.717) is 6.54 Å². The third kappa shape index (κ3) is 4.34. The molecule has 2 aromatic rings. The first kappa shape index (κ1) is 15.6. The zero-order valence-electron chi connectivity index (χ0n) is 12.1. The Morgan fingerprint density at radius 1 is 1.05 bits per heavy atom. The van der Waals surface area contributed by atoms with Crippen molar-refractivity contribution in [3.63, 3.8) is 0 Å². The van der Waals surface area contributed by atoms with Crippen molar-refractivity contribution in [3.05, 3.63) is 71.3 Å². The van der Waals surface area contributed by atoms with Crippen molar-refractivity contribution < 1.29 is 8.78 Å². The molecule has 2 N–H and O–H groups in total. The smallest absolute Gasteiger partial charge is 0.163 e. The normalized spacial score (nSPS) is 12.6. The van der Waals surface area contributed by atoms with E-state index in [1.165, 1.54) is 17.7 Å². The van der Waals surface area contributed by atoms with Gasteiger partial charge in [-0.1, -0.05) is 42.5 Å². The SMILES string of the molecule is CN(CCc1ccccc1)CC(N)c1cccc(F)c1F. The lowest BCUT2D eigenvalue weighted by Gasteiger charge is -2.22. The minimum Gasteiger partial charge on any atom is -0.323 e. The summed E-state index contributed by atoms with van der Waals surface area (Å²) in [5, 5.41) is 0. The molecule has 0 aliphatic rings. The summed E-state index contributed by atoms with van der Waals surface area (Å²) in [5.41, 5.74) is 7.46. The molecule has 0 aliphatic heterocycles. The van der Waals surface area contributed by atoms with E-state index in [2.05, 4.69) is 12.1 Å². The first-order valence-corrected chi connectivity index (χ1v) is 7.00. The van der Waals surface area contributed by atoms with E-state index in [0.717, 1.165) is 19.0 Å². The zero-order chi connectivity index (χ0) is 15.2. The molecule has 0 saturated heterocycles. The highest BCUT2D eigenvalue weighted by atomic mass is 19.2. The Morgan fingerprint density at radius 2 is 1.76 bits per heavy atom. The van der Waals surface area contributed by atoms with Crippen LogP contribution < -0.4 is 5.73 Å². The van der Waals surface area contributed by atoms with E-state index in [4.69, 9.17) is 5.73 Å². The van der Waals surface area contributed by atoms with Crippen LogP contribution in [0.5, 0.6) is 0 Å². The molecular formula is C17H20F2N2. The van der Waals surface area contributed by atoms with Crippen LogP contribution in [0.4, 0.5) is 8.78 Å². The highest BCUT2D eigenvalue weighted by Gasteiger charge is 2.16. The Balaban J connectivity index is 1.90. The molecule has 2 nitrogen and oxygen atoms in total. The van der Waals surface area contributed by atoms with E-state index < -0.39 is 17.7 Å². The maximum atomic E-state index is 13.7. The second-order valence-electron chi connectivity index (χ2n) is 5.25. The molecule has 0 aromatic heterocycles. The molecule has 1 unspecified atom stereocenters. The van der Waals surface area contributed by atoms with Crippen molar-refractivity contribution in [1.29, 1.82) is 0 Å². The van der Waals surface area contributed by atoms with Crippen LogP contribution >= 0.6 is 0 Å². The number of hydrogen-bond donors (Lipinski definition) is 1. The van der Waals surface area contributed by atoms with Crippen molar-refractivity contribution in [2.75, 3.05) is 20.1 Å². The largest absolute Gasteiger partial charge is 0.323 e. The first-order valence-electron chi connectivity index (χ1n) is 7.00. The molecule has 0 amide bonds. The van der Waals surface area contributed by atoms with Gasteiger partial charge in [-0.2, -0.15) is 0 Å². The molecule has 0 fully saturated rings. The van der Waals surface area contributed by atoms with E-state index in [9.17, 15) is 8.78 Å². The maximum Gasteiger partial charge on any atom is 0.163 e. The fourth-order valence-corrected chi connectivity index (χ4v) is 2.30. The van der Waals surface area contributed by atoms with E-state index >= 15 is 0 Å². The van der Waals surface area contributed by atoms with Crippen molar-refractivity contribution >= 4 is 0 Å². The monoisotopic (exact) mass is 290 g/mol. The Hall–Kier alpha value is -1.78. The van der Waals surface area contributed by atoms with Gasteiger partial charge in [-0.05, 0) is 25.1 Å². The van der Waals surface area contributed by atoms with Crippen LogP contribution in [0.3, 0.4) is 0 Å². The molecule has 0 heterocycles. The summed E-state index contributed by atoms with van der Waals surface area (Å²) >= 11 is 0. The topological polar surface area (TPSA) is 29.3 Å².